The maximum atomic E-state index is 12.9. The van der Waals surface area contributed by atoms with Gasteiger partial charge in [-0.25, -0.2) is 9.37 Å². The van der Waals surface area contributed by atoms with Gasteiger partial charge in [0, 0.05) is 24.9 Å². The van der Waals surface area contributed by atoms with Gasteiger partial charge in [0.25, 0.3) is 5.91 Å². The van der Waals surface area contributed by atoms with Gasteiger partial charge in [0.1, 0.15) is 11.5 Å². The molecular weight excluding hydrogens is 313 g/mol. The Balaban J connectivity index is 1.62. The predicted octanol–water partition coefficient (Wildman–Crippen LogP) is 2.68. The largest absolute Gasteiger partial charge is 0.337 e. The monoisotopic (exact) mass is 333 g/mol. The first kappa shape index (κ1) is 16.1. The molecule has 1 aliphatic rings. The van der Waals surface area contributed by atoms with E-state index in [9.17, 15) is 9.18 Å². The zero-order chi connectivity index (χ0) is 16.2. The van der Waals surface area contributed by atoms with Crippen molar-refractivity contribution in [2.75, 3.05) is 19.6 Å². The Morgan fingerprint density at radius 2 is 2.00 bits per heavy atom. The number of carbonyl (C=O) groups excluding carboxylic acids is 1. The third-order valence-corrected chi connectivity index (χ3v) is 5.12. The number of hydrogen-bond acceptors (Lipinski definition) is 4. The van der Waals surface area contributed by atoms with Crippen LogP contribution in [0, 0.1) is 11.7 Å². The van der Waals surface area contributed by atoms with Crippen LogP contribution in [0.2, 0.25) is 0 Å². The average Bonchev–Trinajstić information content (AvgIpc) is 3.05. The van der Waals surface area contributed by atoms with Crippen molar-refractivity contribution in [2.45, 2.75) is 19.3 Å². The molecule has 4 nitrogen and oxygen atoms in total. The Labute approximate surface area is 139 Å². The number of piperidine rings is 1. The number of benzene rings is 1. The van der Waals surface area contributed by atoms with Crippen molar-refractivity contribution in [3.63, 3.8) is 0 Å². The molecule has 122 valence electrons. The summed E-state index contributed by atoms with van der Waals surface area (Å²) in [6, 6.07) is 6.37. The summed E-state index contributed by atoms with van der Waals surface area (Å²) < 4.78 is 12.9. The fraction of sp³-hybridized carbons (Fsp3) is 0.412. The second-order valence-electron chi connectivity index (χ2n) is 5.90. The number of nitrogens with two attached hydrogens (primary N) is 1. The maximum Gasteiger partial charge on any atom is 0.273 e. The number of hydrogen-bond donors (Lipinski definition) is 1. The molecule has 1 amide bonds. The Morgan fingerprint density at radius 1 is 1.30 bits per heavy atom. The van der Waals surface area contributed by atoms with Gasteiger partial charge in [-0.1, -0.05) is 12.1 Å². The highest BCUT2D eigenvalue weighted by Gasteiger charge is 2.24. The highest BCUT2D eigenvalue weighted by atomic mass is 32.1. The molecule has 1 aliphatic heterocycles. The minimum Gasteiger partial charge on any atom is -0.337 e. The number of thiazole rings is 1. The number of halogens is 1. The van der Waals surface area contributed by atoms with Crippen molar-refractivity contribution in [2.24, 2.45) is 11.7 Å². The lowest BCUT2D eigenvalue weighted by Gasteiger charge is -2.30. The number of aromatic nitrogens is 1. The Morgan fingerprint density at radius 3 is 2.65 bits per heavy atom. The maximum absolute atomic E-state index is 12.9. The van der Waals surface area contributed by atoms with E-state index in [1.165, 1.54) is 23.5 Å². The van der Waals surface area contributed by atoms with Crippen molar-refractivity contribution in [3.8, 4) is 0 Å². The predicted molar refractivity (Wildman–Crippen MR) is 89.0 cm³/mol. The van der Waals surface area contributed by atoms with Crippen molar-refractivity contribution in [1.29, 1.82) is 0 Å². The van der Waals surface area contributed by atoms with E-state index < -0.39 is 0 Å². The normalized spacial score (nSPS) is 15.8. The van der Waals surface area contributed by atoms with Gasteiger partial charge in [-0.05, 0) is 43.0 Å². The van der Waals surface area contributed by atoms with Crippen molar-refractivity contribution in [1.82, 2.24) is 9.88 Å². The third kappa shape index (κ3) is 3.95. The summed E-state index contributed by atoms with van der Waals surface area (Å²) in [6.07, 6.45) is 2.55. The number of nitrogens with zero attached hydrogens (tertiary/aromatic N) is 2. The molecule has 6 heteroatoms. The molecule has 0 radical (unpaired) electrons. The van der Waals surface area contributed by atoms with Crippen molar-refractivity contribution >= 4 is 17.2 Å². The van der Waals surface area contributed by atoms with E-state index in [1.54, 1.807) is 12.1 Å². The molecule has 1 saturated heterocycles. The lowest BCUT2D eigenvalue weighted by molar-refractivity contribution is 0.0688. The number of amides is 1. The van der Waals surface area contributed by atoms with Crippen LogP contribution in [0.5, 0.6) is 0 Å². The van der Waals surface area contributed by atoms with Crippen LogP contribution < -0.4 is 5.73 Å². The van der Waals surface area contributed by atoms with Crippen molar-refractivity contribution < 1.29 is 9.18 Å². The summed E-state index contributed by atoms with van der Waals surface area (Å²) in [5.74, 6) is 0.287. The Bertz CT molecular complexity index is 663. The summed E-state index contributed by atoms with van der Waals surface area (Å²) in [7, 11) is 0. The first-order valence-electron chi connectivity index (χ1n) is 7.84. The molecule has 0 spiro atoms. The lowest BCUT2D eigenvalue weighted by Crippen LogP contribution is -2.40. The fourth-order valence-electron chi connectivity index (χ4n) is 2.80. The molecule has 2 heterocycles. The zero-order valence-corrected chi connectivity index (χ0v) is 13.7. The van der Waals surface area contributed by atoms with Gasteiger partial charge in [0.15, 0.2) is 0 Å². The summed E-state index contributed by atoms with van der Waals surface area (Å²) in [5, 5.41) is 2.69. The molecular formula is C17H20FN3OS. The molecule has 1 aromatic carbocycles. The molecule has 0 atom stereocenters. The molecule has 3 rings (SSSR count). The van der Waals surface area contributed by atoms with Crippen LogP contribution >= 0.6 is 11.3 Å². The van der Waals surface area contributed by atoms with Gasteiger partial charge < -0.3 is 10.6 Å². The van der Waals surface area contributed by atoms with E-state index in [0.717, 1.165) is 36.5 Å². The van der Waals surface area contributed by atoms with Crippen molar-refractivity contribution in [3.05, 3.63) is 51.7 Å². The molecule has 0 saturated carbocycles. The number of rotatable bonds is 4. The minimum atomic E-state index is -0.246. The van der Waals surface area contributed by atoms with Gasteiger partial charge >= 0.3 is 0 Å². The standard InChI is InChI=1S/C17H20FN3OS/c18-14-3-1-12(2-4-14)9-16-20-15(11-23-16)17(22)21-7-5-13(10-19)6-8-21/h1-4,11,13H,5-10,19H2. The molecule has 0 unspecified atom stereocenters. The first-order chi connectivity index (χ1) is 11.2. The second-order valence-corrected chi connectivity index (χ2v) is 6.84. The smallest absolute Gasteiger partial charge is 0.273 e. The average molecular weight is 333 g/mol. The van der Waals surface area contributed by atoms with Gasteiger partial charge in [-0.3, -0.25) is 4.79 Å². The van der Waals surface area contributed by atoms with E-state index in [2.05, 4.69) is 4.98 Å². The van der Waals surface area contributed by atoms with Crippen LogP contribution in [-0.2, 0) is 6.42 Å². The zero-order valence-electron chi connectivity index (χ0n) is 12.9. The SMILES string of the molecule is NCC1CCN(C(=O)c2csc(Cc3ccc(F)cc3)n2)CC1. The van der Waals surface area contributed by atoms with Gasteiger partial charge in [-0.15, -0.1) is 11.3 Å². The van der Waals surface area contributed by atoms with Crippen LogP contribution in [0.15, 0.2) is 29.6 Å². The number of likely N-dealkylation sites (tertiary alicyclic amines) is 1. The summed E-state index contributed by atoms with van der Waals surface area (Å²) in [5.41, 5.74) is 7.19. The summed E-state index contributed by atoms with van der Waals surface area (Å²) in [6.45, 7) is 2.21. The van der Waals surface area contributed by atoms with E-state index in [4.69, 9.17) is 5.73 Å². The molecule has 2 aromatic rings. The van der Waals surface area contributed by atoms with E-state index in [1.807, 2.05) is 10.3 Å². The quantitative estimate of drug-likeness (QED) is 0.936. The third-order valence-electron chi connectivity index (χ3n) is 4.27. The van der Waals surface area contributed by atoms with Gasteiger partial charge in [0.05, 0.1) is 5.01 Å². The second kappa shape index (κ2) is 7.19. The molecule has 23 heavy (non-hydrogen) atoms. The Kier molecular flexibility index (Phi) is 5.03. The summed E-state index contributed by atoms with van der Waals surface area (Å²) in [4.78, 5) is 18.8. The number of carbonyl (C=O) groups is 1. The van der Waals surface area contributed by atoms with Crippen LogP contribution in [0.25, 0.3) is 0 Å². The van der Waals surface area contributed by atoms with E-state index in [0.29, 0.717) is 24.6 Å². The Hall–Kier alpha value is -1.79. The molecule has 1 aromatic heterocycles. The van der Waals surface area contributed by atoms with Crippen LogP contribution in [0.4, 0.5) is 4.39 Å². The van der Waals surface area contributed by atoms with Gasteiger partial charge in [0.2, 0.25) is 0 Å². The molecule has 2 N–H and O–H groups in total. The first-order valence-corrected chi connectivity index (χ1v) is 8.72. The fourth-order valence-corrected chi connectivity index (χ4v) is 3.60. The minimum absolute atomic E-state index is 0.00192. The van der Waals surface area contributed by atoms with E-state index in [-0.39, 0.29) is 11.7 Å². The highest BCUT2D eigenvalue weighted by Crippen LogP contribution is 2.20. The molecule has 1 fully saturated rings. The molecule has 0 bridgehead atoms. The lowest BCUT2D eigenvalue weighted by atomic mass is 9.97. The van der Waals surface area contributed by atoms with E-state index >= 15 is 0 Å². The highest BCUT2D eigenvalue weighted by molar-refractivity contribution is 7.09. The van der Waals surface area contributed by atoms with Gasteiger partial charge in [-0.2, -0.15) is 0 Å². The van der Waals surface area contributed by atoms with Crippen LogP contribution in [0.1, 0.15) is 33.9 Å². The van der Waals surface area contributed by atoms with Crippen LogP contribution in [0.3, 0.4) is 0 Å². The van der Waals surface area contributed by atoms with Crippen LogP contribution in [-0.4, -0.2) is 35.4 Å². The topological polar surface area (TPSA) is 59.2 Å². The summed E-state index contributed by atoms with van der Waals surface area (Å²) >= 11 is 1.47. The molecule has 0 aliphatic carbocycles.